The summed E-state index contributed by atoms with van der Waals surface area (Å²) in [6.45, 7) is 0. The summed E-state index contributed by atoms with van der Waals surface area (Å²) in [6.07, 6.45) is 4.76. The molecule has 0 aliphatic rings. The predicted molar refractivity (Wildman–Crippen MR) is 58.1 cm³/mol. The molecule has 1 N–H and O–H groups in total. The second kappa shape index (κ2) is 2.91. The van der Waals surface area contributed by atoms with Crippen molar-refractivity contribution in [2.24, 2.45) is 0 Å². The van der Waals surface area contributed by atoms with Gasteiger partial charge in [-0.1, -0.05) is 0 Å². The highest BCUT2D eigenvalue weighted by atomic mass is 16.3. The van der Waals surface area contributed by atoms with Crippen LogP contribution in [0.25, 0.3) is 28.3 Å². The van der Waals surface area contributed by atoms with E-state index in [-0.39, 0.29) is 0 Å². The van der Waals surface area contributed by atoms with Gasteiger partial charge in [-0.2, -0.15) is 14.7 Å². The maximum absolute atomic E-state index is 5.34. The fourth-order valence-electron chi connectivity index (χ4n) is 1.83. The van der Waals surface area contributed by atoms with Gasteiger partial charge in [0.15, 0.2) is 17.1 Å². The third kappa shape index (κ3) is 1.05. The smallest absolute Gasteiger partial charge is 0.201 e. The molecule has 4 heterocycles. The standard InChI is InChI=1S/C10H6N6O/c1-2-7(17-3-1)10-14-8-6(4-12-15-8)9-11-5-13-16(9)10/h1-5H,(H,12,15). The van der Waals surface area contributed by atoms with Crippen LogP contribution in [0.15, 0.2) is 35.3 Å². The van der Waals surface area contributed by atoms with E-state index in [0.717, 1.165) is 5.39 Å². The third-order valence-electron chi connectivity index (χ3n) is 2.57. The Bertz CT molecular complexity index is 797. The number of nitrogens with one attached hydrogen (secondary N) is 1. The lowest BCUT2D eigenvalue weighted by molar-refractivity contribution is 0.574. The Morgan fingerprint density at radius 1 is 1.35 bits per heavy atom. The molecule has 4 aromatic heterocycles. The van der Waals surface area contributed by atoms with E-state index in [1.807, 2.05) is 6.07 Å². The molecule has 0 unspecified atom stereocenters. The van der Waals surface area contributed by atoms with E-state index in [4.69, 9.17) is 4.42 Å². The topological polar surface area (TPSA) is 84.9 Å². The summed E-state index contributed by atoms with van der Waals surface area (Å²) < 4.78 is 6.97. The Hall–Kier alpha value is -2.70. The summed E-state index contributed by atoms with van der Waals surface area (Å²) in [4.78, 5) is 8.63. The summed E-state index contributed by atoms with van der Waals surface area (Å²) >= 11 is 0. The zero-order valence-electron chi connectivity index (χ0n) is 8.53. The van der Waals surface area contributed by atoms with Crippen molar-refractivity contribution in [1.29, 1.82) is 0 Å². The van der Waals surface area contributed by atoms with E-state index in [2.05, 4.69) is 25.3 Å². The molecule has 0 atom stereocenters. The number of nitrogens with zero attached hydrogens (tertiary/aromatic N) is 5. The van der Waals surface area contributed by atoms with Crippen molar-refractivity contribution in [2.45, 2.75) is 0 Å². The minimum atomic E-state index is 0.597. The lowest BCUT2D eigenvalue weighted by atomic mass is 10.3. The molecule has 0 amide bonds. The first-order valence-electron chi connectivity index (χ1n) is 5.00. The lowest BCUT2D eigenvalue weighted by Gasteiger charge is -2.00. The highest BCUT2D eigenvalue weighted by Gasteiger charge is 2.14. The maximum Gasteiger partial charge on any atom is 0.201 e. The normalized spacial score (nSPS) is 11.5. The summed E-state index contributed by atoms with van der Waals surface area (Å²) in [5.41, 5.74) is 1.37. The van der Waals surface area contributed by atoms with Gasteiger partial charge in [-0.05, 0) is 12.1 Å². The van der Waals surface area contributed by atoms with Gasteiger partial charge in [0.25, 0.3) is 0 Å². The van der Waals surface area contributed by atoms with Gasteiger partial charge in [0.2, 0.25) is 5.82 Å². The molecule has 0 aromatic carbocycles. The summed E-state index contributed by atoms with van der Waals surface area (Å²) in [5, 5.41) is 11.8. The van der Waals surface area contributed by atoms with Crippen LogP contribution in [0.1, 0.15) is 0 Å². The monoisotopic (exact) mass is 226 g/mol. The Balaban J connectivity index is 2.22. The molecule has 7 nitrogen and oxygen atoms in total. The average molecular weight is 226 g/mol. The molecule has 4 rings (SSSR count). The van der Waals surface area contributed by atoms with Crippen molar-refractivity contribution >= 4 is 16.7 Å². The van der Waals surface area contributed by atoms with Gasteiger partial charge in [-0.15, -0.1) is 0 Å². The maximum atomic E-state index is 5.34. The Kier molecular flexibility index (Phi) is 1.45. The lowest BCUT2D eigenvalue weighted by Crippen LogP contribution is -1.97. The summed E-state index contributed by atoms with van der Waals surface area (Å²) in [7, 11) is 0. The van der Waals surface area contributed by atoms with Gasteiger partial charge in [0.05, 0.1) is 17.8 Å². The molecule has 17 heavy (non-hydrogen) atoms. The third-order valence-corrected chi connectivity index (χ3v) is 2.57. The average Bonchev–Trinajstić information content (AvgIpc) is 3.09. The number of furan rings is 1. The van der Waals surface area contributed by atoms with E-state index in [0.29, 0.717) is 22.9 Å². The SMILES string of the molecule is c1coc(-c2nc3[nH]ncc3c3ncnn23)c1. The van der Waals surface area contributed by atoms with Crippen LogP contribution in [0.3, 0.4) is 0 Å². The van der Waals surface area contributed by atoms with Crippen LogP contribution in [0.2, 0.25) is 0 Å². The number of fused-ring (bicyclic) bond motifs is 3. The molecule has 0 fully saturated rings. The largest absolute Gasteiger partial charge is 0.461 e. The second-order valence-corrected chi connectivity index (χ2v) is 3.54. The molecule has 0 saturated heterocycles. The quantitative estimate of drug-likeness (QED) is 0.528. The minimum absolute atomic E-state index is 0.597. The molecule has 0 radical (unpaired) electrons. The zero-order valence-corrected chi connectivity index (χ0v) is 8.53. The van der Waals surface area contributed by atoms with Crippen molar-refractivity contribution < 1.29 is 4.42 Å². The summed E-state index contributed by atoms with van der Waals surface area (Å²) in [6, 6.07) is 3.63. The fourth-order valence-corrected chi connectivity index (χ4v) is 1.83. The van der Waals surface area contributed by atoms with Gasteiger partial charge in [0.1, 0.15) is 6.33 Å². The first kappa shape index (κ1) is 8.45. The molecule has 0 aliphatic carbocycles. The van der Waals surface area contributed by atoms with E-state index in [1.165, 1.54) is 6.33 Å². The Morgan fingerprint density at radius 3 is 3.24 bits per heavy atom. The van der Waals surface area contributed by atoms with Crippen molar-refractivity contribution in [2.75, 3.05) is 0 Å². The molecule has 0 saturated carbocycles. The van der Waals surface area contributed by atoms with Crippen LogP contribution < -0.4 is 0 Å². The van der Waals surface area contributed by atoms with Gasteiger partial charge < -0.3 is 4.42 Å². The number of hydrogen-bond donors (Lipinski definition) is 1. The molecular weight excluding hydrogens is 220 g/mol. The number of hydrogen-bond acceptors (Lipinski definition) is 5. The predicted octanol–water partition coefficient (Wildman–Crippen LogP) is 1.26. The number of aromatic amines is 1. The first-order chi connectivity index (χ1) is 8.43. The van der Waals surface area contributed by atoms with Crippen LogP contribution in [-0.2, 0) is 0 Å². The van der Waals surface area contributed by atoms with E-state index in [1.54, 1.807) is 23.0 Å². The Morgan fingerprint density at radius 2 is 2.35 bits per heavy atom. The number of H-pyrrole nitrogens is 1. The number of aromatic nitrogens is 6. The van der Waals surface area contributed by atoms with Crippen molar-refractivity contribution in [1.82, 2.24) is 29.8 Å². The highest BCUT2D eigenvalue weighted by molar-refractivity contribution is 5.89. The highest BCUT2D eigenvalue weighted by Crippen LogP contribution is 2.22. The van der Waals surface area contributed by atoms with Gasteiger partial charge in [0, 0.05) is 0 Å². The second-order valence-electron chi connectivity index (χ2n) is 3.54. The van der Waals surface area contributed by atoms with Gasteiger partial charge >= 0.3 is 0 Å². The van der Waals surface area contributed by atoms with E-state index in [9.17, 15) is 0 Å². The van der Waals surface area contributed by atoms with Crippen LogP contribution in [0.5, 0.6) is 0 Å². The molecular formula is C10H6N6O. The number of rotatable bonds is 1. The molecule has 4 aromatic rings. The molecule has 0 bridgehead atoms. The van der Waals surface area contributed by atoms with Crippen LogP contribution >= 0.6 is 0 Å². The van der Waals surface area contributed by atoms with Gasteiger partial charge in [-0.3, -0.25) is 5.10 Å². The summed E-state index contributed by atoms with van der Waals surface area (Å²) in [5.74, 6) is 1.23. The molecule has 0 aliphatic heterocycles. The van der Waals surface area contributed by atoms with Gasteiger partial charge in [-0.25, -0.2) is 9.97 Å². The van der Waals surface area contributed by atoms with Crippen molar-refractivity contribution in [3.05, 3.63) is 30.9 Å². The van der Waals surface area contributed by atoms with E-state index >= 15 is 0 Å². The molecule has 0 spiro atoms. The Labute approximate surface area is 94.1 Å². The zero-order chi connectivity index (χ0) is 11.2. The van der Waals surface area contributed by atoms with Crippen LogP contribution in [0.4, 0.5) is 0 Å². The fraction of sp³-hybridized carbons (Fsp3) is 0. The minimum Gasteiger partial charge on any atom is -0.461 e. The van der Waals surface area contributed by atoms with Crippen LogP contribution in [-0.4, -0.2) is 29.8 Å². The van der Waals surface area contributed by atoms with Crippen molar-refractivity contribution in [3.63, 3.8) is 0 Å². The molecule has 82 valence electrons. The van der Waals surface area contributed by atoms with Crippen molar-refractivity contribution in [3.8, 4) is 11.6 Å². The van der Waals surface area contributed by atoms with Crippen LogP contribution in [0, 0.1) is 0 Å². The first-order valence-corrected chi connectivity index (χ1v) is 5.00. The van der Waals surface area contributed by atoms with E-state index < -0.39 is 0 Å². The molecule has 7 heteroatoms.